The van der Waals surface area contributed by atoms with E-state index in [0.29, 0.717) is 0 Å². The van der Waals surface area contributed by atoms with Gasteiger partial charge < -0.3 is 4.74 Å². The topological polar surface area (TPSA) is 26.3 Å². The first-order valence-corrected chi connectivity index (χ1v) is 4.83. The predicted octanol–water partition coefficient (Wildman–Crippen LogP) is 2.67. The van der Waals surface area contributed by atoms with Crippen LogP contribution in [0, 0.1) is 0 Å². The Morgan fingerprint density at radius 1 is 1.13 bits per heavy atom. The van der Waals surface area contributed by atoms with Crippen LogP contribution in [0.15, 0.2) is 42.5 Å². The van der Waals surface area contributed by atoms with E-state index < -0.39 is 0 Å². The number of carbonyl (C=O) groups is 1. The van der Waals surface area contributed by atoms with Crippen molar-refractivity contribution in [2.24, 2.45) is 0 Å². The zero-order chi connectivity index (χ0) is 10.7. The van der Waals surface area contributed by atoms with Crippen molar-refractivity contribution in [1.82, 2.24) is 0 Å². The van der Waals surface area contributed by atoms with Crippen LogP contribution in [0.1, 0.15) is 10.4 Å². The van der Waals surface area contributed by atoms with Crippen LogP contribution in [0.5, 0.6) is 0 Å². The molecule has 2 aromatic carbocycles. The number of hydrogen-bond acceptors (Lipinski definition) is 2. The summed E-state index contributed by atoms with van der Waals surface area (Å²) in [4.78, 5) is 11.7. The fourth-order valence-corrected chi connectivity index (χ4v) is 1.68. The van der Waals surface area contributed by atoms with E-state index >= 15 is 0 Å². The molecule has 0 aliphatic carbocycles. The molecule has 0 saturated heterocycles. The molecule has 0 unspecified atom stereocenters. The molecule has 2 aromatic rings. The van der Waals surface area contributed by atoms with Gasteiger partial charge in [0.2, 0.25) is 0 Å². The van der Waals surface area contributed by atoms with Crippen molar-refractivity contribution in [3.8, 4) is 0 Å². The Hall–Kier alpha value is -1.67. The Labute approximate surface area is 88.5 Å². The van der Waals surface area contributed by atoms with Crippen molar-refractivity contribution in [3.63, 3.8) is 0 Å². The standard InChI is InChI=1S/C13H12O2/c1-15-9-13(14)12-8-4-6-10-5-2-3-7-11(10)12/h2-8H,9H2,1H3. The zero-order valence-electron chi connectivity index (χ0n) is 8.57. The molecule has 2 heteroatoms. The minimum absolute atomic E-state index is 0.0225. The lowest BCUT2D eigenvalue weighted by Gasteiger charge is -2.04. The van der Waals surface area contributed by atoms with Crippen molar-refractivity contribution in [1.29, 1.82) is 0 Å². The summed E-state index contributed by atoms with van der Waals surface area (Å²) in [6.07, 6.45) is 0. The summed E-state index contributed by atoms with van der Waals surface area (Å²) >= 11 is 0. The van der Waals surface area contributed by atoms with Crippen LogP contribution in [0.4, 0.5) is 0 Å². The van der Waals surface area contributed by atoms with Crippen molar-refractivity contribution < 1.29 is 9.53 Å². The van der Waals surface area contributed by atoms with Crippen LogP contribution in [-0.2, 0) is 4.74 Å². The monoisotopic (exact) mass is 200 g/mol. The molecule has 0 N–H and O–H groups in total. The number of fused-ring (bicyclic) bond motifs is 1. The third-order valence-electron chi connectivity index (χ3n) is 2.37. The second kappa shape index (κ2) is 4.24. The Morgan fingerprint density at radius 3 is 2.67 bits per heavy atom. The minimum atomic E-state index is 0.0225. The summed E-state index contributed by atoms with van der Waals surface area (Å²) in [7, 11) is 1.53. The third kappa shape index (κ3) is 1.90. The molecule has 0 bridgehead atoms. The fourth-order valence-electron chi connectivity index (χ4n) is 1.68. The molecule has 15 heavy (non-hydrogen) atoms. The second-order valence-corrected chi connectivity index (χ2v) is 3.38. The maximum atomic E-state index is 11.7. The highest BCUT2D eigenvalue weighted by atomic mass is 16.5. The minimum Gasteiger partial charge on any atom is -0.377 e. The highest BCUT2D eigenvalue weighted by Crippen LogP contribution is 2.18. The van der Waals surface area contributed by atoms with Crippen LogP contribution in [0.2, 0.25) is 0 Å². The number of rotatable bonds is 3. The molecule has 0 heterocycles. The Bertz CT molecular complexity index is 483. The average molecular weight is 200 g/mol. The molecule has 0 amide bonds. The predicted molar refractivity (Wildman–Crippen MR) is 60.2 cm³/mol. The van der Waals surface area contributed by atoms with Gasteiger partial charge >= 0.3 is 0 Å². The fraction of sp³-hybridized carbons (Fsp3) is 0.154. The largest absolute Gasteiger partial charge is 0.377 e. The first-order valence-electron chi connectivity index (χ1n) is 4.83. The molecule has 0 atom stereocenters. The summed E-state index contributed by atoms with van der Waals surface area (Å²) in [6.45, 7) is 0.133. The third-order valence-corrected chi connectivity index (χ3v) is 2.37. The first-order chi connectivity index (χ1) is 7.33. The van der Waals surface area contributed by atoms with Gasteiger partial charge in [0.1, 0.15) is 6.61 Å². The van der Waals surface area contributed by atoms with Gasteiger partial charge in [-0.05, 0) is 10.8 Å². The number of ether oxygens (including phenoxy) is 1. The van der Waals surface area contributed by atoms with Gasteiger partial charge in [0, 0.05) is 12.7 Å². The molecule has 0 spiro atoms. The van der Waals surface area contributed by atoms with E-state index in [1.807, 2.05) is 42.5 Å². The van der Waals surface area contributed by atoms with Crippen LogP contribution >= 0.6 is 0 Å². The molecule has 0 fully saturated rings. The maximum Gasteiger partial charge on any atom is 0.189 e. The van der Waals surface area contributed by atoms with Crippen LogP contribution in [0.3, 0.4) is 0 Å². The van der Waals surface area contributed by atoms with Crippen molar-refractivity contribution in [3.05, 3.63) is 48.0 Å². The van der Waals surface area contributed by atoms with E-state index in [9.17, 15) is 4.79 Å². The van der Waals surface area contributed by atoms with Gasteiger partial charge in [0.15, 0.2) is 5.78 Å². The second-order valence-electron chi connectivity index (χ2n) is 3.38. The average Bonchev–Trinajstić information content (AvgIpc) is 2.28. The summed E-state index contributed by atoms with van der Waals surface area (Å²) < 4.78 is 4.86. The summed E-state index contributed by atoms with van der Waals surface area (Å²) in [5, 5.41) is 2.07. The summed E-state index contributed by atoms with van der Waals surface area (Å²) in [6, 6.07) is 13.6. The van der Waals surface area contributed by atoms with Crippen molar-refractivity contribution in [2.45, 2.75) is 0 Å². The molecule has 76 valence electrons. The Kier molecular flexibility index (Phi) is 2.79. The Balaban J connectivity index is 2.56. The zero-order valence-corrected chi connectivity index (χ0v) is 8.57. The molecular formula is C13H12O2. The molecule has 0 aromatic heterocycles. The van der Waals surface area contributed by atoms with Gasteiger partial charge in [-0.1, -0.05) is 42.5 Å². The van der Waals surface area contributed by atoms with E-state index in [1.54, 1.807) is 0 Å². The maximum absolute atomic E-state index is 11.7. The van der Waals surface area contributed by atoms with Gasteiger partial charge in [-0.15, -0.1) is 0 Å². The van der Waals surface area contributed by atoms with Crippen LogP contribution in [-0.4, -0.2) is 19.5 Å². The molecule has 2 nitrogen and oxygen atoms in total. The van der Waals surface area contributed by atoms with E-state index in [0.717, 1.165) is 16.3 Å². The summed E-state index contributed by atoms with van der Waals surface area (Å²) in [5.41, 5.74) is 0.731. The number of carbonyl (C=O) groups excluding carboxylic acids is 1. The number of benzene rings is 2. The molecule has 0 aliphatic heterocycles. The SMILES string of the molecule is COCC(=O)c1cccc2ccccc12. The van der Waals surface area contributed by atoms with E-state index in [2.05, 4.69) is 0 Å². The highest BCUT2D eigenvalue weighted by molar-refractivity contribution is 6.08. The lowest BCUT2D eigenvalue weighted by atomic mass is 10.0. The van der Waals surface area contributed by atoms with Crippen molar-refractivity contribution >= 4 is 16.6 Å². The molecule has 0 radical (unpaired) electrons. The number of ketones is 1. The van der Waals surface area contributed by atoms with Crippen molar-refractivity contribution in [2.75, 3.05) is 13.7 Å². The van der Waals surface area contributed by atoms with Gasteiger partial charge in [0.05, 0.1) is 0 Å². The molecule has 0 saturated carbocycles. The highest BCUT2D eigenvalue weighted by Gasteiger charge is 2.08. The number of hydrogen-bond donors (Lipinski definition) is 0. The quantitative estimate of drug-likeness (QED) is 0.712. The normalized spacial score (nSPS) is 10.5. The van der Waals surface area contributed by atoms with E-state index in [1.165, 1.54) is 7.11 Å². The van der Waals surface area contributed by atoms with E-state index in [4.69, 9.17) is 4.74 Å². The van der Waals surface area contributed by atoms with Gasteiger partial charge in [-0.2, -0.15) is 0 Å². The van der Waals surface area contributed by atoms with Crippen LogP contribution < -0.4 is 0 Å². The smallest absolute Gasteiger partial charge is 0.189 e. The van der Waals surface area contributed by atoms with E-state index in [-0.39, 0.29) is 12.4 Å². The molecule has 2 rings (SSSR count). The number of Topliss-reactive ketones (excluding diaryl/α,β-unsaturated/α-hetero) is 1. The summed E-state index contributed by atoms with van der Waals surface area (Å²) in [5.74, 6) is 0.0225. The van der Waals surface area contributed by atoms with Gasteiger partial charge in [0.25, 0.3) is 0 Å². The Morgan fingerprint density at radius 2 is 1.87 bits per heavy atom. The van der Waals surface area contributed by atoms with Gasteiger partial charge in [-0.25, -0.2) is 0 Å². The molecule has 0 aliphatic rings. The molecular weight excluding hydrogens is 188 g/mol. The lowest BCUT2D eigenvalue weighted by Crippen LogP contribution is -2.07. The first kappa shape index (κ1) is 9.87. The lowest BCUT2D eigenvalue weighted by molar-refractivity contribution is 0.0850. The number of methoxy groups -OCH3 is 1. The van der Waals surface area contributed by atoms with Gasteiger partial charge in [-0.3, -0.25) is 4.79 Å². The van der Waals surface area contributed by atoms with Crippen LogP contribution in [0.25, 0.3) is 10.8 Å².